The van der Waals surface area contributed by atoms with E-state index in [1.807, 2.05) is 84.9 Å². The first kappa shape index (κ1) is 20.1. The Morgan fingerprint density at radius 1 is 0.781 bits per heavy atom. The van der Waals surface area contributed by atoms with Crippen molar-refractivity contribution in [2.75, 3.05) is 13.2 Å². The Balaban J connectivity index is 1.59. The van der Waals surface area contributed by atoms with E-state index in [4.69, 9.17) is 19.3 Å². The summed E-state index contributed by atoms with van der Waals surface area (Å²) < 4.78 is 18.2. The molecule has 0 atom stereocenters. The highest BCUT2D eigenvalue weighted by atomic mass is 16.7. The van der Waals surface area contributed by atoms with Crippen LogP contribution in [-0.4, -0.2) is 24.3 Å². The largest absolute Gasteiger partial charge is 0.493 e. The first-order valence-electron chi connectivity index (χ1n) is 10.5. The number of carbonyl (C=O) groups excluding carboxylic acids is 1. The van der Waals surface area contributed by atoms with Crippen LogP contribution in [0.2, 0.25) is 0 Å². The molecule has 4 aromatic carbocycles. The number of rotatable bonds is 6. The fraction of sp³-hybridized carbons (Fsp3) is 0.148. The third-order valence-electron chi connectivity index (χ3n) is 5.50. The van der Waals surface area contributed by atoms with Gasteiger partial charge in [0.05, 0.1) is 6.61 Å². The molecule has 160 valence electrons. The minimum Gasteiger partial charge on any atom is -0.493 e. The maximum absolute atomic E-state index is 13.2. The number of fused-ring (bicyclic) bond motifs is 2. The molecule has 5 nitrogen and oxygen atoms in total. The van der Waals surface area contributed by atoms with Gasteiger partial charge < -0.3 is 19.3 Å². The second kappa shape index (κ2) is 8.36. The minimum atomic E-state index is -1.37. The number of ether oxygens (including phenoxy) is 3. The summed E-state index contributed by atoms with van der Waals surface area (Å²) in [6.07, 6.45) is 0.559. The molecule has 0 bridgehead atoms. The lowest BCUT2D eigenvalue weighted by molar-refractivity contribution is -0.131. The number of hydrogen-bond acceptors (Lipinski definition) is 5. The molecule has 0 unspecified atom stereocenters. The van der Waals surface area contributed by atoms with Crippen molar-refractivity contribution < 1.29 is 24.1 Å². The van der Waals surface area contributed by atoms with Crippen molar-refractivity contribution in [2.24, 2.45) is 0 Å². The fourth-order valence-electron chi connectivity index (χ4n) is 3.92. The second-order valence-electron chi connectivity index (χ2n) is 7.62. The molecule has 1 N–H and O–H groups in total. The van der Waals surface area contributed by atoms with E-state index < -0.39 is 11.8 Å². The van der Waals surface area contributed by atoms with E-state index in [2.05, 4.69) is 0 Å². The first-order valence-corrected chi connectivity index (χ1v) is 10.5. The maximum Gasteiger partial charge on any atom is 0.345 e. The van der Waals surface area contributed by atoms with Gasteiger partial charge in [-0.25, -0.2) is 4.79 Å². The van der Waals surface area contributed by atoms with E-state index in [1.54, 1.807) is 6.07 Å². The number of aliphatic hydroxyl groups excluding tert-OH is 1. The molecule has 5 rings (SSSR count). The molecule has 1 heterocycles. The zero-order chi connectivity index (χ0) is 22.0. The van der Waals surface area contributed by atoms with Crippen molar-refractivity contribution in [1.29, 1.82) is 0 Å². The van der Waals surface area contributed by atoms with Crippen molar-refractivity contribution in [1.82, 2.24) is 0 Å². The lowest BCUT2D eigenvalue weighted by Gasteiger charge is -2.38. The molecule has 32 heavy (non-hydrogen) atoms. The molecule has 5 heteroatoms. The molecule has 4 aromatic rings. The summed E-state index contributed by atoms with van der Waals surface area (Å²) in [5.74, 6) is -0.671. The molecule has 0 aromatic heterocycles. The van der Waals surface area contributed by atoms with E-state index in [-0.39, 0.29) is 6.61 Å². The average molecular weight is 426 g/mol. The Morgan fingerprint density at radius 2 is 1.47 bits per heavy atom. The number of benzene rings is 4. The highest BCUT2D eigenvalue weighted by molar-refractivity contribution is 6.00. The predicted octanol–water partition coefficient (Wildman–Crippen LogP) is 5.05. The van der Waals surface area contributed by atoms with Gasteiger partial charge in [-0.2, -0.15) is 0 Å². The Morgan fingerprint density at radius 3 is 2.12 bits per heavy atom. The van der Waals surface area contributed by atoms with Crippen LogP contribution >= 0.6 is 0 Å². The smallest absolute Gasteiger partial charge is 0.345 e. The van der Waals surface area contributed by atoms with Gasteiger partial charge in [0.2, 0.25) is 0 Å². The van der Waals surface area contributed by atoms with E-state index in [0.29, 0.717) is 30.1 Å². The summed E-state index contributed by atoms with van der Waals surface area (Å²) in [5.41, 5.74) is 1.84. The van der Waals surface area contributed by atoms with Gasteiger partial charge in [0.25, 0.3) is 0 Å². The third-order valence-corrected chi connectivity index (χ3v) is 5.50. The predicted molar refractivity (Wildman–Crippen MR) is 121 cm³/mol. The normalized spacial score (nSPS) is 14.3. The van der Waals surface area contributed by atoms with Crippen molar-refractivity contribution in [3.8, 4) is 11.5 Å². The molecule has 0 fully saturated rings. The SMILES string of the molecule is O=C1OC(c2ccccc2)(c2ccccc2)Oc2cc3ccc(OCCCO)cc3cc21. The number of cyclic esters (lactones) is 1. The van der Waals surface area contributed by atoms with E-state index in [9.17, 15) is 4.79 Å². The van der Waals surface area contributed by atoms with Crippen LogP contribution < -0.4 is 9.47 Å². The zero-order valence-electron chi connectivity index (χ0n) is 17.4. The number of hydrogen-bond donors (Lipinski definition) is 1. The van der Waals surface area contributed by atoms with Crippen LogP contribution in [0.3, 0.4) is 0 Å². The highest BCUT2D eigenvalue weighted by Crippen LogP contribution is 2.43. The summed E-state index contributed by atoms with van der Waals surface area (Å²) in [6.45, 7) is 0.504. The maximum atomic E-state index is 13.2. The van der Waals surface area contributed by atoms with Gasteiger partial charge >= 0.3 is 11.8 Å². The van der Waals surface area contributed by atoms with Crippen LogP contribution in [0.1, 0.15) is 27.9 Å². The average Bonchev–Trinajstić information content (AvgIpc) is 2.84. The molecular weight excluding hydrogens is 404 g/mol. The molecule has 0 aliphatic carbocycles. The van der Waals surface area contributed by atoms with Gasteiger partial charge in [0.15, 0.2) is 0 Å². The lowest BCUT2D eigenvalue weighted by Crippen LogP contribution is -2.43. The quantitative estimate of drug-likeness (QED) is 0.345. The van der Waals surface area contributed by atoms with Crippen LogP contribution in [0.4, 0.5) is 0 Å². The Hall–Kier alpha value is -3.83. The summed E-state index contributed by atoms with van der Waals surface area (Å²) in [6, 6.07) is 28.3. The van der Waals surface area contributed by atoms with Crippen LogP contribution in [0, 0.1) is 0 Å². The summed E-state index contributed by atoms with van der Waals surface area (Å²) in [5, 5.41) is 10.7. The first-order chi connectivity index (χ1) is 15.7. The van der Waals surface area contributed by atoms with Gasteiger partial charge in [-0.15, -0.1) is 0 Å². The molecule has 1 aliphatic rings. The van der Waals surface area contributed by atoms with Crippen LogP contribution in [0.25, 0.3) is 10.8 Å². The third kappa shape index (κ3) is 3.57. The summed E-state index contributed by atoms with van der Waals surface area (Å²) >= 11 is 0. The highest BCUT2D eigenvalue weighted by Gasteiger charge is 2.46. The summed E-state index contributed by atoms with van der Waals surface area (Å²) in [7, 11) is 0. The zero-order valence-corrected chi connectivity index (χ0v) is 17.4. The number of esters is 1. The number of aliphatic hydroxyl groups is 1. The lowest BCUT2D eigenvalue weighted by atomic mass is 9.95. The van der Waals surface area contributed by atoms with E-state index in [0.717, 1.165) is 21.9 Å². The van der Waals surface area contributed by atoms with Crippen LogP contribution in [-0.2, 0) is 10.5 Å². The molecule has 0 amide bonds. The standard InChI is InChI=1S/C27H22O5/c28-14-7-15-30-23-13-12-19-18-25-24(17-20(19)16-23)26(29)32-27(31-25,21-8-3-1-4-9-21)22-10-5-2-6-11-22/h1-6,8-13,16-18,28H,7,14-15H2. The van der Waals surface area contributed by atoms with Gasteiger partial charge in [0, 0.05) is 24.2 Å². The van der Waals surface area contributed by atoms with Gasteiger partial charge in [-0.05, 0) is 35.0 Å². The molecule has 0 spiro atoms. The van der Waals surface area contributed by atoms with E-state index >= 15 is 0 Å². The molecule has 1 aliphatic heterocycles. The van der Waals surface area contributed by atoms with Crippen LogP contribution in [0.15, 0.2) is 91.0 Å². The fourth-order valence-corrected chi connectivity index (χ4v) is 3.92. The molecule has 0 saturated carbocycles. The van der Waals surface area contributed by atoms with Gasteiger partial charge in [0.1, 0.15) is 17.1 Å². The van der Waals surface area contributed by atoms with Crippen molar-refractivity contribution in [2.45, 2.75) is 12.2 Å². The second-order valence-corrected chi connectivity index (χ2v) is 7.62. The van der Waals surface area contributed by atoms with Crippen LogP contribution in [0.5, 0.6) is 11.5 Å². The van der Waals surface area contributed by atoms with Crippen molar-refractivity contribution in [3.05, 3.63) is 108 Å². The number of carbonyl (C=O) groups is 1. The Bertz CT molecular complexity index is 1210. The van der Waals surface area contributed by atoms with Gasteiger partial charge in [-0.1, -0.05) is 66.7 Å². The van der Waals surface area contributed by atoms with E-state index in [1.165, 1.54) is 0 Å². The molecule has 0 saturated heterocycles. The molecule has 0 radical (unpaired) electrons. The minimum absolute atomic E-state index is 0.0782. The molecular formula is C27H22O5. The van der Waals surface area contributed by atoms with Crippen molar-refractivity contribution >= 4 is 16.7 Å². The van der Waals surface area contributed by atoms with Gasteiger partial charge in [-0.3, -0.25) is 0 Å². The topological polar surface area (TPSA) is 65.0 Å². The monoisotopic (exact) mass is 426 g/mol. The Kier molecular flexibility index (Phi) is 5.25. The summed E-state index contributed by atoms with van der Waals surface area (Å²) in [4.78, 5) is 13.2. The Labute approximate surface area is 185 Å². The van der Waals surface area contributed by atoms with Crippen molar-refractivity contribution in [3.63, 3.8) is 0 Å².